The van der Waals surface area contributed by atoms with Crippen molar-refractivity contribution in [2.45, 2.75) is 46.5 Å². The van der Waals surface area contributed by atoms with E-state index in [0.29, 0.717) is 5.69 Å². The van der Waals surface area contributed by atoms with Crippen molar-refractivity contribution in [3.8, 4) is 17.0 Å². The van der Waals surface area contributed by atoms with Gasteiger partial charge in [0.15, 0.2) is 12.4 Å². The van der Waals surface area contributed by atoms with Gasteiger partial charge in [0.25, 0.3) is 5.91 Å². The number of carbonyl (C=O) groups excluding carboxylic acids is 1. The summed E-state index contributed by atoms with van der Waals surface area (Å²) in [5, 5.41) is 11.8. The van der Waals surface area contributed by atoms with Crippen LogP contribution in [0.25, 0.3) is 11.3 Å². The molecule has 1 fully saturated rings. The van der Waals surface area contributed by atoms with Gasteiger partial charge in [0.2, 0.25) is 0 Å². The molecule has 6 nitrogen and oxygen atoms in total. The van der Waals surface area contributed by atoms with E-state index in [1.807, 2.05) is 63.2 Å². The molecule has 0 atom stereocenters. The van der Waals surface area contributed by atoms with Gasteiger partial charge in [-0.25, -0.2) is 0 Å². The first-order valence-corrected chi connectivity index (χ1v) is 11.7. The molecule has 1 amide bonds. The van der Waals surface area contributed by atoms with E-state index in [2.05, 4.69) is 26.5 Å². The highest BCUT2D eigenvalue weighted by Crippen LogP contribution is 2.25. The minimum atomic E-state index is -0.201. The highest BCUT2D eigenvalue weighted by atomic mass is 16.5. The van der Waals surface area contributed by atoms with Crippen LogP contribution in [0.15, 0.2) is 48.5 Å². The second kappa shape index (κ2) is 10.5. The van der Waals surface area contributed by atoms with Crippen molar-refractivity contribution in [3.63, 3.8) is 0 Å². The van der Waals surface area contributed by atoms with Crippen molar-refractivity contribution in [1.82, 2.24) is 10.2 Å². The summed E-state index contributed by atoms with van der Waals surface area (Å²) in [4.78, 5) is 14.8. The smallest absolute Gasteiger partial charge is 0.262 e. The van der Waals surface area contributed by atoms with Crippen LogP contribution in [0.5, 0.6) is 5.75 Å². The maximum atomic E-state index is 12.5. The Bertz CT molecular complexity index is 1100. The van der Waals surface area contributed by atoms with Crippen molar-refractivity contribution in [1.29, 1.82) is 0 Å². The van der Waals surface area contributed by atoms with Gasteiger partial charge < -0.3 is 15.0 Å². The minimum absolute atomic E-state index is 0.0434. The topological polar surface area (TPSA) is 67.3 Å². The van der Waals surface area contributed by atoms with Crippen LogP contribution in [0.2, 0.25) is 0 Å². The van der Waals surface area contributed by atoms with Crippen LogP contribution in [-0.4, -0.2) is 35.8 Å². The van der Waals surface area contributed by atoms with Gasteiger partial charge in [-0.3, -0.25) is 4.79 Å². The van der Waals surface area contributed by atoms with E-state index in [-0.39, 0.29) is 12.5 Å². The highest BCUT2D eigenvalue weighted by Gasteiger charge is 2.13. The Hall–Kier alpha value is -3.41. The Labute approximate surface area is 196 Å². The molecule has 0 unspecified atom stereocenters. The molecule has 3 aromatic rings. The third-order valence-corrected chi connectivity index (χ3v) is 6.15. The van der Waals surface area contributed by atoms with E-state index in [1.54, 1.807) is 0 Å². The molecule has 1 aliphatic rings. The highest BCUT2D eigenvalue weighted by molar-refractivity contribution is 5.92. The van der Waals surface area contributed by atoms with E-state index < -0.39 is 0 Å². The maximum Gasteiger partial charge on any atom is 0.262 e. The first-order valence-electron chi connectivity index (χ1n) is 11.7. The first-order chi connectivity index (χ1) is 16.0. The van der Waals surface area contributed by atoms with Crippen molar-refractivity contribution in [2.75, 3.05) is 29.9 Å². The molecule has 4 rings (SSSR count). The van der Waals surface area contributed by atoms with E-state index in [1.165, 1.54) is 25.7 Å². The van der Waals surface area contributed by atoms with Gasteiger partial charge in [-0.15, -0.1) is 10.2 Å². The number of benzene rings is 2. The van der Waals surface area contributed by atoms with Crippen molar-refractivity contribution in [3.05, 3.63) is 65.2 Å². The summed E-state index contributed by atoms with van der Waals surface area (Å²) in [5.41, 5.74) is 5.72. The molecule has 33 heavy (non-hydrogen) atoms. The van der Waals surface area contributed by atoms with Crippen LogP contribution in [0.3, 0.4) is 0 Å². The van der Waals surface area contributed by atoms with Gasteiger partial charge in [0.1, 0.15) is 5.75 Å². The molecule has 0 spiro atoms. The Morgan fingerprint density at radius 1 is 0.970 bits per heavy atom. The summed E-state index contributed by atoms with van der Waals surface area (Å²) >= 11 is 0. The zero-order valence-electron chi connectivity index (χ0n) is 19.7. The molecule has 1 N–H and O–H groups in total. The summed E-state index contributed by atoms with van der Waals surface area (Å²) in [7, 11) is 0. The lowest BCUT2D eigenvalue weighted by Gasteiger charge is -2.20. The number of ether oxygens (including phenoxy) is 1. The second-order valence-corrected chi connectivity index (χ2v) is 8.80. The average molecular weight is 445 g/mol. The van der Waals surface area contributed by atoms with E-state index >= 15 is 0 Å². The predicted molar refractivity (Wildman–Crippen MR) is 133 cm³/mol. The van der Waals surface area contributed by atoms with Crippen molar-refractivity contribution < 1.29 is 9.53 Å². The lowest BCUT2D eigenvalue weighted by atomic mass is 10.1. The fourth-order valence-electron chi connectivity index (χ4n) is 4.19. The molecule has 172 valence electrons. The van der Waals surface area contributed by atoms with Crippen LogP contribution < -0.4 is 15.0 Å². The fraction of sp³-hybridized carbons (Fsp3) is 0.370. The number of anilines is 2. The van der Waals surface area contributed by atoms with E-state index in [9.17, 15) is 4.79 Å². The number of hydrogen-bond acceptors (Lipinski definition) is 5. The van der Waals surface area contributed by atoms with Gasteiger partial charge in [-0.05, 0) is 80.6 Å². The van der Waals surface area contributed by atoms with Crippen LogP contribution in [-0.2, 0) is 4.79 Å². The van der Waals surface area contributed by atoms with Gasteiger partial charge in [-0.1, -0.05) is 31.0 Å². The monoisotopic (exact) mass is 444 g/mol. The lowest BCUT2D eigenvalue weighted by molar-refractivity contribution is -0.118. The summed E-state index contributed by atoms with van der Waals surface area (Å²) < 4.78 is 5.79. The zero-order chi connectivity index (χ0) is 23.2. The minimum Gasteiger partial charge on any atom is -0.483 e. The Balaban J connectivity index is 1.39. The number of nitrogens with zero attached hydrogens (tertiary/aromatic N) is 3. The van der Waals surface area contributed by atoms with Gasteiger partial charge in [0.05, 0.1) is 5.69 Å². The van der Waals surface area contributed by atoms with Crippen LogP contribution >= 0.6 is 0 Å². The normalized spacial score (nSPS) is 14.0. The number of nitrogens with one attached hydrogen (secondary N) is 1. The number of hydrogen-bond donors (Lipinski definition) is 1. The largest absolute Gasteiger partial charge is 0.483 e. The maximum absolute atomic E-state index is 12.5. The Morgan fingerprint density at radius 2 is 1.76 bits per heavy atom. The molecule has 0 radical (unpaired) electrons. The number of carbonyl (C=O) groups is 1. The average Bonchev–Trinajstić information content (AvgIpc) is 3.10. The molecule has 0 bridgehead atoms. The van der Waals surface area contributed by atoms with E-state index in [4.69, 9.17) is 4.74 Å². The molecule has 0 saturated carbocycles. The number of amides is 1. The molecule has 2 aromatic carbocycles. The predicted octanol–water partition coefficient (Wildman–Crippen LogP) is 5.47. The SMILES string of the molecule is Cc1cc(C)c(C)c(OCC(=O)Nc2cccc(-c3ccc(N4CCCCCC4)nn3)c2)c1. The summed E-state index contributed by atoms with van der Waals surface area (Å²) in [6.45, 7) is 8.11. The number of rotatable bonds is 6. The molecule has 0 aliphatic carbocycles. The molecule has 1 saturated heterocycles. The second-order valence-electron chi connectivity index (χ2n) is 8.80. The van der Waals surface area contributed by atoms with E-state index in [0.717, 1.165) is 52.6 Å². The molecule has 6 heteroatoms. The molecular weight excluding hydrogens is 412 g/mol. The van der Waals surface area contributed by atoms with Crippen LogP contribution in [0, 0.1) is 20.8 Å². The van der Waals surface area contributed by atoms with Crippen LogP contribution in [0.4, 0.5) is 11.5 Å². The van der Waals surface area contributed by atoms with Crippen LogP contribution in [0.1, 0.15) is 42.4 Å². The zero-order valence-corrected chi connectivity index (χ0v) is 19.7. The third kappa shape index (κ3) is 5.89. The van der Waals surface area contributed by atoms with Crippen molar-refractivity contribution >= 4 is 17.4 Å². The molecular formula is C27H32N4O2. The summed E-state index contributed by atoms with van der Waals surface area (Å²) in [6.07, 6.45) is 4.99. The first kappa shape index (κ1) is 22.8. The molecule has 1 aromatic heterocycles. The molecule has 1 aliphatic heterocycles. The van der Waals surface area contributed by atoms with Gasteiger partial charge in [0, 0.05) is 24.3 Å². The number of aryl methyl sites for hydroxylation is 2. The summed E-state index contributed by atoms with van der Waals surface area (Å²) in [6, 6.07) is 15.8. The summed E-state index contributed by atoms with van der Waals surface area (Å²) in [5.74, 6) is 1.48. The number of aromatic nitrogens is 2. The Morgan fingerprint density at radius 3 is 2.48 bits per heavy atom. The quantitative estimate of drug-likeness (QED) is 0.546. The third-order valence-electron chi connectivity index (χ3n) is 6.15. The van der Waals surface area contributed by atoms with Gasteiger partial charge >= 0.3 is 0 Å². The van der Waals surface area contributed by atoms with Crippen molar-refractivity contribution in [2.24, 2.45) is 0 Å². The van der Waals surface area contributed by atoms with Gasteiger partial charge in [-0.2, -0.15) is 0 Å². The Kier molecular flexibility index (Phi) is 7.23. The lowest BCUT2D eigenvalue weighted by Crippen LogP contribution is -2.25. The fourth-order valence-corrected chi connectivity index (χ4v) is 4.19. The standard InChI is InChI=1S/C27H32N4O2/c1-19-15-20(2)21(3)25(16-19)33-18-27(32)28-23-10-8-9-22(17-23)24-11-12-26(30-29-24)31-13-6-4-5-7-14-31/h8-12,15-17H,4-7,13-14,18H2,1-3H3,(H,28,32). The molecule has 2 heterocycles.